The normalized spacial score (nSPS) is 13.7. The van der Waals surface area contributed by atoms with Crippen molar-refractivity contribution in [2.45, 2.75) is 19.1 Å². The third-order valence-electron chi connectivity index (χ3n) is 1.60. The summed E-state index contributed by atoms with van der Waals surface area (Å²) in [6.45, 7) is 0.346. The molecule has 84 valence electrons. The molecule has 0 amide bonds. The number of alkyl halides is 3. The van der Waals surface area contributed by atoms with Gasteiger partial charge < -0.3 is 10.5 Å². The van der Waals surface area contributed by atoms with Crippen molar-refractivity contribution < 1.29 is 17.9 Å². The highest BCUT2D eigenvalue weighted by atomic mass is 19.4. The molecule has 0 aromatic carbocycles. The second-order valence-corrected chi connectivity index (χ2v) is 3.09. The molecule has 0 aliphatic rings. The van der Waals surface area contributed by atoms with Crippen LogP contribution in [-0.2, 0) is 0 Å². The summed E-state index contributed by atoms with van der Waals surface area (Å²) in [4.78, 5) is 3.83. The molecule has 1 aromatic rings. The molecule has 15 heavy (non-hydrogen) atoms. The molecule has 1 aromatic heterocycles. The first-order valence-corrected chi connectivity index (χ1v) is 4.30. The number of aromatic nitrogens is 1. The minimum atomic E-state index is -4.36. The topological polar surface area (TPSA) is 48.1 Å². The fourth-order valence-corrected chi connectivity index (χ4v) is 0.921. The Balaban J connectivity index is 2.66. The molecule has 6 heteroatoms. The molecule has 1 rings (SSSR count). The van der Waals surface area contributed by atoms with Crippen LogP contribution in [0.2, 0.25) is 0 Å². The van der Waals surface area contributed by atoms with Gasteiger partial charge in [-0.1, -0.05) is 6.07 Å². The Kier molecular flexibility index (Phi) is 3.52. The van der Waals surface area contributed by atoms with Gasteiger partial charge in [-0.3, -0.25) is 0 Å². The maximum atomic E-state index is 11.8. The Bertz CT molecular complexity index is 325. The lowest BCUT2D eigenvalue weighted by atomic mass is 10.2. The predicted octanol–water partition coefficient (Wildman–Crippen LogP) is 2.04. The minimum Gasteiger partial charge on any atom is -0.468 e. The summed E-state index contributed by atoms with van der Waals surface area (Å²) in [6.07, 6.45) is -4.36. The van der Waals surface area contributed by atoms with E-state index in [4.69, 9.17) is 5.73 Å². The van der Waals surface area contributed by atoms with Gasteiger partial charge in [0.15, 0.2) is 6.61 Å². The van der Waals surface area contributed by atoms with E-state index in [9.17, 15) is 13.2 Å². The molecule has 1 heterocycles. The van der Waals surface area contributed by atoms with E-state index in [-0.39, 0.29) is 11.9 Å². The minimum absolute atomic E-state index is 0.0675. The van der Waals surface area contributed by atoms with Gasteiger partial charge in [-0.05, 0) is 13.0 Å². The molecule has 1 atom stereocenters. The van der Waals surface area contributed by atoms with Crippen LogP contribution in [0.5, 0.6) is 5.88 Å². The number of nitrogens with zero attached hydrogens (tertiary/aromatic N) is 1. The summed E-state index contributed by atoms with van der Waals surface area (Å²) in [7, 11) is 0. The number of halogens is 3. The number of pyridine rings is 1. The van der Waals surface area contributed by atoms with Crippen LogP contribution in [0.15, 0.2) is 18.2 Å². The highest BCUT2D eigenvalue weighted by molar-refractivity contribution is 5.17. The van der Waals surface area contributed by atoms with Gasteiger partial charge in [-0.2, -0.15) is 13.2 Å². The van der Waals surface area contributed by atoms with E-state index >= 15 is 0 Å². The molecule has 0 spiro atoms. The zero-order valence-electron chi connectivity index (χ0n) is 8.08. The summed E-state index contributed by atoms with van der Waals surface area (Å²) < 4.78 is 39.9. The quantitative estimate of drug-likeness (QED) is 0.847. The zero-order valence-corrected chi connectivity index (χ0v) is 8.08. The molecular weight excluding hydrogens is 209 g/mol. The van der Waals surface area contributed by atoms with Gasteiger partial charge in [0.2, 0.25) is 5.88 Å². The van der Waals surface area contributed by atoms with Crippen LogP contribution in [0.4, 0.5) is 13.2 Å². The van der Waals surface area contributed by atoms with Crippen LogP contribution >= 0.6 is 0 Å². The molecule has 2 N–H and O–H groups in total. The third-order valence-corrected chi connectivity index (χ3v) is 1.60. The number of hydrogen-bond acceptors (Lipinski definition) is 3. The Morgan fingerprint density at radius 3 is 2.67 bits per heavy atom. The fraction of sp³-hybridized carbons (Fsp3) is 0.444. The maximum absolute atomic E-state index is 11.8. The summed E-state index contributed by atoms with van der Waals surface area (Å²) in [5, 5.41) is 0. The van der Waals surface area contributed by atoms with Gasteiger partial charge in [0.1, 0.15) is 0 Å². The van der Waals surface area contributed by atoms with E-state index in [0.717, 1.165) is 0 Å². The van der Waals surface area contributed by atoms with Crippen molar-refractivity contribution in [2.75, 3.05) is 6.61 Å². The van der Waals surface area contributed by atoms with E-state index in [1.807, 2.05) is 0 Å². The SMILES string of the molecule is CC(N)c1cccc(OCC(F)(F)F)n1. The van der Waals surface area contributed by atoms with Crippen LogP contribution in [-0.4, -0.2) is 17.8 Å². The Morgan fingerprint density at radius 2 is 2.13 bits per heavy atom. The number of ether oxygens (including phenoxy) is 1. The Morgan fingerprint density at radius 1 is 1.47 bits per heavy atom. The zero-order chi connectivity index (χ0) is 11.5. The van der Waals surface area contributed by atoms with Crippen LogP contribution in [0.1, 0.15) is 18.7 Å². The number of rotatable bonds is 3. The first-order valence-electron chi connectivity index (χ1n) is 4.30. The van der Waals surface area contributed by atoms with Crippen molar-refractivity contribution in [3.05, 3.63) is 23.9 Å². The highest BCUT2D eigenvalue weighted by Gasteiger charge is 2.28. The lowest BCUT2D eigenvalue weighted by Gasteiger charge is -2.10. The van der Waals surface area contributed by atoms with Gasteiger partial charge in [-0.25, -0.2) is 4.98 Å². The molecule has 0 fully saturated rings. The second-order valence-electron chi connectivity index (χ2n) is 3.09. The summed E-state index contributed by atoms with van der Waals surface area (Å²) >= 11 is 0. The first-order chi connectivity index (χ1) is 6.88. The lowest BCUT2D eigenvalue weighted by Crippen LogP contribution is -2.20. The van der Waals surface area contributed by atoms with Crippen LogP contribution in [0, 0.1) is 0 Å². The van der Waals surface area contributed by atoms with E-state index in [2.05, 4.69) is 9.72 Å². The standard InChI is InChI=1S/C9H11F3N2O/c1-6(13)7-3-2-4-8(14-7)15-5-9(10,11)12/h2-4,6H,5,13H2,1H3. The second kappa shape index (κ2) is 4.48. The third kappa shape index (κ3) is 4.16. The summed E-state index contributed by atoms with van der Waals surface area (Å²) in [5.41, 5.74) is 6.02. The van der Waals surface area contributed by atoms with Gasteiger partial charge in [0, 0.05) is 12.1 Å². The van der Waals surface area contributed by atoms with Crippen LogP contribution < -0.4 is 10.5 Å². The fourth-order valence-electron chi connectivity index (χ4n) is 0.921. The maximum Gasteiger partial charge on any atom is 0.422 e. The van der Waals surface area contributed by atoms with E-state index < -0.39 is 12.8 Å². The van der Waals surface area contributed by atoms with Crippen molar-refractivity contribution in [2.24, 2.45) is 5.73 Å². The van der Waals surface area contributed by atoms with Crippen molar-refractivity contribution in [1.82, 2.24) is 4.98 Å². The number of hydrogen-bond donors (Lipinski definition) is 1. The average Bonchev–Trinajstić information content (AvgIpc) is 2.14. The van der Waals surface area contributed by atoms with Gasteiger partial charge in [0.05, 0.1) is 5.69 Å². The molecule has 0 saturated carbocycles. The van der Waals surface area contributed by atoms with E-state index in [1.54, 1.807) is 19.1 Å². The van der Waals surface area contributed by atoms with Crippen molar-refractivity contribution >= 4 is 0 Å². The van der Waals surface area contributed by atoms with Crippen molar-refractivity contribution in [3.8, 4) is 5.88 Å². The van der Waals surface area contributed by atoms with E-state index in [1.165, 1.54) is 6.07 Å². The lowest BCUT2D eigenvalue weighted by molar-refractivity contribution is -0.154. The number of nitrogens with two attached hydrogens (primary N) is 1. The summed E-state index contributed by atoms with van der Waals surface area (Å²) in [5.74, 6) is -0.0675. The van der Waals surface area contributed by atoms with Crippen molar-refractivity contribution in [1.29, 1.82) is 0 Å². The molecule has 0 aliphatic carbocycles. The molecular formula is C9H11F3N2O. The molecule has 0 bridgehead atoms. The van der Waals surface area contributed by atoms with E-state index in [0.29, 0.717) is 5.69 Å². The molecule has 1 unspecified atom stereocenters. The molecule has 0 aliphatic heterocycles. The Hall–Kier alpha value is -1.30. The summed E-state index contributed by atoms with van der Waals surface area (Å²) in [6, 6.07) is 4.21. The van der Waals surface area contributed by atoms with Crippen molar-refractivity contribution in [3.63, 3.8) is 0 Å². The monoisotopic (exact) mass is 220 g/mol. The first kappa shape index (κ1) is 11.8. The van der Waals surface area contributed by atoms with Gasteiger partial charge >= 0.3 is 6.18 Å². The van der Waals surface area contributed by atoms with Gasteiger partial charge in [-0.15, -0.1) is 0 Å². The average molecular weight is 220 g/mol. The molecule has 3 nitrogen and oxygen atoms in total. The van der Waals surface area contributed by atoms with Crippen LogP contribution in [0.25, 0.3) is 0 Å². The smallest absolute Gasteiger partial charge is 0.422 e. The Labute approximate surface area is 85.1 Å². The van der Waals surface area contributed by atoms with Gasteiger partial charge in [0.25, 0.3) is 0 Å². The predicted molar refractivity (Wildman–Crippen MR) is 48.4 cm³/mol. The largest absolute Gasteiger partial charge is 0.468 e. The van der Waals surface area contributed by atoms with Crippen LogP contribution in [0.3, 0.4) is 0 Å². The molecule has 0 radical (unpaired) electrons. The molecule has 0 saturated heterocycles. The highest BCUT2D eigenvalue weighted by Crippen LogP contribution is 2.18.